The topological polar surface area (TPSA) is 83.1 Å². The monoisotopic (exact) mass is 359 g/mol. The Labute approximate surface area is 157 Å². The zero-order chi connectivity index (χ0) is 19.1. The third-order valence-corrected chi connectivity index (χ3v) is 5.08. The predicted octanol–water partition coefficient (Wildman–Crippen LogP) is 3.41. The number of rotatable bonds is 4. The maximum absolute atomic E-state index is 12.7. The van der Waals surface area contributed by atoms with Crippen LogP contribution in [-0.2, 0) is 0 Å². The first-order chi connectivity index (χ1) is 13.0. The fraction of sp³-hybridized carbons (Fsp3) is 0.333. The second-order valence-corrected chi connectivity index (χ2v) is 7.38. The molecule has 1 amide bonds. The van der Waals surface area contributed by atoms with E-state index in [1.165, 1.54) is 12.8 Å². The minimum absolute atomic E-state index is 0.143. The number of nitrogens with zero attached hydrogens (tertiary/aromatic N) is 4. The van der Waals surface area contributed by atoms with Gasteiger partial charge in [0.2, 0.25) is 0 Å². The summed E-state index contributed by atoms with van der Waals surface area (Å²) in [5.41, 5.74) is 5.05. The van der Waals surface area contributed by atoms with Crippen LogP contribution in [0.5, 0.6) is 0 Å². The molecule has 0 unspecified atom stereocenters. The van der Waals surface area contributed by atoms with Gasteiger partial charge in [-0.25, -0.2) is 9.50 Å². The van der Waals surface area contributed by atoms with Crippen LogP contribution in [0.1, 0.15) is 46.9 Å². The van der Waals surface area contributed by atoms with Crippen molar-refractivity contribution >= 4 is 11.6 Å². The molecule has 0 bridgehead atoms. The van der Waals surface area contributed by atoms with Gasteiger partial charge in [-0.15, -0.1) is 0 Å². The predicted molar refractivity (Wildman–Crippen MR) is 102 cm³/mol. The van der Waals surface area contributed by atoms with Gasteiger partial charge in [0.1, 0.15) is 5.56 Å². The number of fused-ring (bicyclic) bond motifs is 1. The van der Waals surface area contributed by atoms with Crippen molar-refractivity contribution in [3.8, 4) is 17.3 Å². The molecular weight excluding hydrogens is 338 g/mol. The lowest BCUT2D eigenvalue weighted by atomic mass is 10.0. The highest BCUT2D eigenvalue weighted by Gasteiger charge is 2.30. The molecule has 1 aliphatic carbocycles. The number of benzene rings is 1. The molecule has 0 aliphatic heterocycles. The van der Waals surface area contributed by atoms with Crippen LogP contribution in [0.3, 0.4) is 0 Å². The van der Waals surface area contributed by atoms with Crippen LogP contribution < -0.4 is 5.32 Å². The zero-order valence-corrected chi connectivity index (χ0v) is 15.7. The molecule has 0 saturated heterocycles. The summed E-state index contributed by atoms with van der Waals surface area (Å²) in [6.45, 7) is 5.93. The first kappa shape index (κ1) is 17.2. The van der Waals surface area contributed by atoms with Gasteiger partial charge in [0, 0.05) is 17.3 Å². The highest BCUT2D eigenvalue weighted by molar-refractivity contribution is 6.00. The van der Waals surface area contributed by atoms with Crippen LogP contribution in [0.2, 0.25) is 0 Å². The van der Waals surface area contributed by atoms with Gasteiger partial charge in [-0.1, -0.05) is 0 Å². The molecule has 0 radical (unpaired) electrons. The number of nitriles is 1. The molecule has 136 valence electrons. The summed E-state index contributed by atoms with van der Waals surface area (Å²) in [5, 5.41) is 16.6. The Hall–Kier alpha value is -3.20. The quantitative estimate of drug-likeness (QED) is 0.774. The van der Waals surface area contributed by atoms with Crippen molar-refractivity contribution in [3.63, 3.8) is 0 Å². The lowest BCUT2D eigenvalue weighted by Crippen LogP contribution is -2.34. The molecule has 1 aromatic carbocycles. The highest BCUT2D eigenvalue weighted by atomic mass is 16.1. The normalized spacial score (nSPS) is 14.7. The Morgan fingerprint density at radius 3 is 2.78 bits per heavy atom. The summed E-state index contributed by atoms with van der Waals surface area (Å²) in [5.74, 6) is 0.438. The molecule has 0 spiro atoms. The summed E-state index contributed by atoms with van der Waals surface area (Å²) in [4.78, 5) is 17.4. The molecule has 1 N–H and O–H groups in total. The molecular formula is C21H21N5O. The lowest BCUT2D eigenvalue weighted by Gasteiger charge is -2.12. The molecule has 2 heterocycles. The molecule has 2 aromatic heterocycles. The lowest BCUT2D eigenvalue weighted by molar-refractivity contribution is 0.0937. The largest absolute Gasteiger partial charge is 0.349 e. The number of amides is 1. The third kappa shape index (κ3) is 3.28. The Kier molecular flexibility index (Phi) is 4.15. The van der Waals surface area contributed by atoms with E-state index < -0.39 is 0 Å². The van der Waals surface area contributed by atoms with Crippen LogP contribution in [-0.4, -0.2) is 26.5 Å². The van der Waals surface area contributed by atoms with Gasteiger partial charge in [0.25, 0.3) is 5.91 Å². The molecule has 1 aliphatic rings. The van der Waals surface area contributed by atoms with Crippen LogP contribution >= 0.6 is 0 Å². The number of hydrogen-bond acceptors (Lipinski definition) is 4. The number of aryl methyl sites for hydroxylation is 2. The fourth-order valence-corrected chi connectivity index (χ4v) is 3.42. The second-order valence-electron chi connectivity index (χ2n) is 7.38. The van der Waals surface area contributed by atoms with Crippen molar-refractivity contribution in [2.75, 3.05) is 0 Å². The molecule has 6 nitrogen and oxygen atoms in total. The fourth-order valence-electron chi connectivity index (χ4n) is 3.42. The van der Waals surface area contributed by atoms with Crippen LogP contribution in [0.15, 0.2) is 30.5 Å². The third-order valence-electron chi connectivity index (χ3n) is 5.08. The molecule has 1 fully saturated rings. The summed E-state index contributed by atoms with van der Waals surface area (Å²) < 4.78 is 1.68. The first-order valence-electron chi connectivity index (χ1n) is 9.14. The summed E-state index contributed by atoms with van der Waals surface area (Å²) in [6, 6.07) is 9.91. The standard InChI is InChI=1S/C21H21N5O/c1-12-6-15(10-22)9-17(7-12)19-8-13(2)26-20(25-19)18(11-23-26)21(27)24-14(3)16-4-5-16/h6-9,11,14,16H,4-5H2,1-3H3,(H,24,27)/t14-/m0/s1. The van der Waals surface area contributed by atoms with Crippen molar-refractivity contribution in [2.45, 2.75) is 39.7 Å². The minimum Gasteiger partial charge on any atom is -0.349 e. The van der Waals surface area contributed by atoms with Gasteiger partial charge in [-0.3, -0.25) is 4.79 Å². The van der Waals surface area contributed by atoms with Gasteiger partial charge < -0.3 is 5.32 Å². The Morgan fingerprint density at radius 2 is 2.07 bits per heavy atom. The summed E-state index contributed by atoms with van der Waals surface area (Å²) in [7, 11) is 0. The van der Waals surface area contributed by atoms with E-state index in [-0.39, 0.29) is 11.9 Å². The minimum atomic E-state index is -0.143. The van der Waals surface area contributed by atoms with Crippen molar-refractivity contribution in [3.05, 3.63) is 52.8 Å². The average Bonchev–Trinajstić information content (AvgIpc) is 3.40. The first-order valence-corrected chi connectivity index (χ1v) is 9.14. The summed E-state index contributed by atoms with van der Waals surface area (Å²) in [6.07, 6.45) is 3.92. The van der Waals surface area contributed by atoms with Gasteiger partial charge in [-0.2, -0.15) is 10.4 Å². The van der Waals surface area contributed by atoms with Gasteiger partial charge in [0.05, 0.1) is 23.5 Å². The number of nitrogens with one attached hydrogen (secondary N) is 1. The van der Waals surface area contributed by atoms with E-state index in [0.29, 0.717) is 22.7 Å². The average molecular weight is 359 g/mol. The molecule has 4 rings (SSSR count). The maximum atomic E-state index is 12.7. The number of aromatic nitrogens is 3. The summed E-state index contributed by atoms with van der Waals surface area (Å²) >= 11 is 0. The van der Waals surface area contributed by atoms with Crippen molar-refractivity contribution in [2.24, 2.45) is 5.92 Å². The van der Waals surface area contributed by atoms with E-state index in [9.17, 15) is 10.1 Å². The molecule has 27 heavy (non-hydrogen) atoms. The molecule has 1 atom stereocenters. The van der Waals surface area contributed by atoms with Crippen molar-refractivity contribution < 1.29 is 4.79 Å². The zero-order valence-electron chi connectivity index (χ0n) is 15.7. The van der Waals surface area contributed by atoms with E-state index in [2.05, 4.69) is 16.5 Å². The maximum Gasteiger partial charge on any atom is 0.256 e. The second kappa shape index (κ2) is 6.51. The Morgan fingerprint density at radius 1 is 1.30 bits per heavy atom. The van der Waals surface area contributed by atoms with Gasteiger partial charge >= 0.3 is 0 Å². The number of carbonyl (C=O) groups excluding carboxylic acids is 1. The van der Waals surface area contributed by atoms with E-state index >= 15 is 0 Å². The van der Waals surface area contributed by atoms with Crippen molar-refractivity contribution in [1.82, 2.24) is 19.9 Å². The Bertz CT molecular complexity index is 1090. The SMILES string of the molecule is Cc1cc(C#N)cc(-c2cc(C)n3ncc(C(=O)N[C@@H](C)C4CC4)c3n2)c1. The van der Waals surface area contributed by atoms with Crippen LogP contribution in [0.4, 0.5) is 0 Å². The van der Waals surface area contributed by atoms with E-state index in [1.54, 1.807) is 10.7 Å². The van der Waals surface area contributed by atoms with Crippen LogP contribution in [0, 0.1) is 31.1 Å². The number of carbonyl (C=O) groups is 1. The Balaban J connectivity index is 1.77. The molecule has 1 saturated carbocycles. The molecule has 6 heteroatoms. The number of hydrogen-bond donors (Lipinski definition) is 1. The smallest absolute Gasteiger partial charge is 0.256 e. The molecule has 3 aromatic rings. The highest BCUT2D eigenvalue weighted by Crippen LogP contribution is 2.32. The van der Waals surface area contributed by atoms with E-state index in [0.717, 1.165) is 22.5 Å². The van der Waals surface area contributed by atoms with Crippen molar-refractivity contribution in [1.29, 1.82) is 5.26 Å². The van der Waals surface area contributed by atoms with Gasteiger partial charge in [0.15, 0.2) is 5.65 Å². The van der Waals surface area contributed by atoms with E-state index in [1.807, 2.05) is 45.0 Å². The van der Waals surface area contributed by atoms with E-state index in [4.69, 9.17) is 4.98 Å². The van der Waals surface area contributed by atoms with Gasteiger partial charge in [-0.05, 0) is 69.4 Å². The van der Waals surface area contributed by atoms with Crippen LogP contribution in [0.25, 0.3) is 16.9 Å².